The van der Waals surface area contributed by atoms with E-state index >= 15 is 0 Å². The third-order valence-corrected chi connectivity index (χ3v) is 5.67. The number of carbonyl (C=O) groups is 2. The Balaban J connectivity index is 1.47. The second kappa shape index (κ2) is 9.08. The summed E-state index contributed by atoms with van der Waals surface area (Å²) in [7, 11) is 0. The quantitative estimate of drug-likeness (QED) is 0.483. The zero-order valence-electron chi connectivity index (χ0n) is 17.2. The van der Waals surface area contributed by atoms with Crippen LogP contribution in [0.5, 0.6) is 0 Å². The maximum Gasteiger partial charge on any atom is 0.227 e. The van der Waals surface area contributed by atoms with Crippen molar-refractivity contribution < 1.29 is 14.0 Å². The third-order valence-electron chi connectivity index (χ3n) is 5.67. The molecule has 0 bridgehead atoms. The molecule has 0 aliphatic heterocycles. The molecule has 1 amide bonds. The Morgan fingerprint density at radius 2 is 1.70 bits per heavy atom. The standard InChI is InChI=1S/C25H26N2O3/c1-17(28)23-24(30-25(27-23)20-9-3-2-4-10-20)19-12-14-21(15-13-19)26-22(29)16-11-18-7-5-6-8-18/h2-4,9-10,12-15,18H,5-8,11,16H2,1H3,(H,26,29). The summed E-state index contributed by atoms with van der Waals surface area (Å²) in [5.41, 5.74) is 2.61. The minimum atomic E-state index is -0.153. The smallest absolute Gasteiger partial charge is 0.227 e. The van der Waals surface area contributed by atoms with Gasteiger partial charge in [0, 0.05) is 30.2 Å². The number of rotatable bonds is 7. The van der Waals surface area contributed by atoms with Crippen LogP contribution in [-0.4, -0.2) is 16.7 Å². The van der Waals surface area contributed by atoms with E-state index < -0.39 is 0 Å². The van der Waals surface area contributed by atoms with Crippen LogP contribution in [0, 0.1) is 5.92 Å². The fraction of sp³-hybridized carbons (Fsp3) is 0.320. The second-order valence-electron chi connectivity index (χ2n) is 7.93. The van der Waals surface area contributed by atoms with Gasteiger partial charge in [-0.05, 0) is 48.7 Å². The van der Waals surface area contributed by atoms with Crippen LogP contribution < -0.4 is 5.32 Å². The minimum Gasteiger partial charge on any atom is -0.435 e. The molecule has 1 aliphatic rings. The van der Waals surface area contributed by atoms with Crippen molar-refractivity contribution in [1.29, 1.82) is 0 Å². The summed E-state index contributed by atoms with van der Waals surface area (Å²) in [5, 5.41) is 2.96. The van der Waals surface area contributed by atoms with Gasteiger partial charge < -0.3 is 9.73 Å². The van der Waals surface area contributed by atoms with E-state index in [0.29, 0.717) is 29.7 Å². The molecule has 0 radical (unpaired) electrons. The molecule has 1 N–H and O–H groups in total. The van der Waals surface area contributed by atoms with Crippen molar-refractivity contribution in [3.63, 3.8) is 0 Å². The highest BCUT2D eigenvalue weighted by atomic mass is 16.4. The molecular formula is C25H26N2O3. The number of carbonyl (C=O) groups excluding carboxylic acids is 2. The van der Waals surface area contributed by atoms with Crippen LogP contribution in [0.4, 0.5) is 5.69 Å². The van der Waals surface area contributed by atoms with Crippen molar-refractivity contribution in [2.45, 2.75) is 45.4 Å². The van der Waals surface area contributed by atoms with Crippen molar-refractivity contribution in [1.82, 2.24) is 4.98 Å². The van der Waals surface area contributed by atoms with Crippen LogP contribution in [0.3, 0.4) is 0 Å². The van der Waals surface area contributed by atoms with Crippen LogP contribution >= 0.6 is 0 Å². The van der Waals surface area contributed by atoms with Crippen LogP contribution in [0.1, 0.15) is 55.9 Å². The average Bonchev–Trinajstić information content (AvgIpc) is 3.44. The van der Waals surface area contributed by atoms with Gasteiger partial charge in [0.2, 0.25) is 11.8 Å². The SMILES string of the molecule is CC(=O)c1nc(-c2ccccc2)oc1-c1ccc(NC(=O)CCC2CCCC2)cc1. The van der Waals surface area contributed by atoms with E-state index in [2.05, 4.69) is 10.3 Å². The number of anilines is 1. The van der Waals surface area contributed by atoms with Gasteiger partial charge in [0.15, 0.2) is 17.2 Å². The third kappa shape index (κ3) is 4.67. The molecule has 3 aromatic rings. The molecule has 30 heavy (non-hydrogen) atoms. The number of amides is 1. The predicted octanol–water partition coefficient (Wildman–Crippen LogP) is 6.12. The summed E-state index contributed by atoms with van der Waals surface area (Å²) in [5.74, 6) is 1.46. The average molecular weight is 402 g/mol. The van der Waals surface area contributed by atoms with Gasteiger partial charge in [-0.3, -0.25) is 9.59 Å². The first-order valence-electron chi connectivity index (χ1n) is 10.6. The van der Waals surface area contributed by atoms with Crippen LogP contribution in [0.2, 0.25) is 0 Å². The van der Waals surface area contributed by atoms with Crippen molar-refractivity contribution >= 4 is 17.4 Å². The Morgan fingerprint density at radius 1 is 1.00 bits per heavy atom. The number of nitrogens with one attached hydrogen (secondary N) is 1. The number of hydrogen-bond acceptors (Lipinski definition) is 4. The lowest BCUT2D eigenvalue weighted by molar-refractivity contribution is -0.116. The number of hydrogen-bond donors (Lipinski definition) is 1. The summed E-state index contributed by atoms with van der Waals surface area (Å²) in [6.07, 6.45) is 6.62. The highest BCUT2D eigenvalue weighted by Gasteiger charge is 2.20. The van der Waals surface area contributed by atoms with E-state index in [0.717, 1.165) is 23.2 Å². The monoisotopic (exact) mass is 402 g/mol. The summed E-state index contributed by atoms with van der Waals surface area (Å²) in [4.78, 5) is 28.7. The summed E-state index contributed by atoms with van der Waals surface area (Å²) < 4.78 is 5.95. The van der Waals surface area contributed by atoms with Crippen LogP contribution in [-0.2, 0) is 4.79 Å². The van der Waals surface area contributed by atoms with Crippen molar-refractivity contribution in [3.8, 4) is 22.8 Å². The fourth-order valence-electron chi connectivity index (χ4n) is 4.02. The van der Waals surface area contributed by atoms with Crippen LogP contribution in [0.15, 0.2) is 59.0 Å². The maximum absolute atomic E-state index is 12.2. The summed E-state index contributed by atoms with van der Waals surface area (Å²) >= 11 is 0. The van der Waals surface area contributed by atoms with Crippen LogP contribution in [0.25, 0.3) is 22.8 Å². The zero-order chi connectivity index (χ0) is 20.9. The Kier molecular flexibility index (Phi) is 6.07. The van der Waals surface area contributed by atoms with E-state index in [4.69, 9.17) is 4.42 Å². The van der Waals surface area contributed by atoms with Crippen molar-refractivity contribution in [3.05, 3.63) is 60.3 Å². The Hall–Kier alpha value is -3.21. The van der Waals surface area contributed by atoms with Gasteiger partial charge in [0.25, 0.3) is 0 Å². The molecule has 0 spiro atoms. The molecule has 154 valence electrons. The molecule has 1 aromatic heterocycles. The van der Waals surface area contributed by atoms with Gasteiger partial charge in [-0.15, -0.1) is 0 Å². The Morgan fingerprint density at radius 3 is 2.37 bits per heavy atom. The first kappa shape index (κ1) is 20.1. The lowest BCUT2D eigenvalue weighted by Gasteiger charge is -2.09. The normalized spacial score (nSPS) is 14.0. The summed E-state index contributed by atoms with van der Waals surface area (Å²) in [6.45, 7) is 1.48. The number of oxazole rings is 1. The van der Waals surface area contributed by atoms with E-state index in [1.807, 2.05) is 54.6 Å². The molecule has 1 heterocycles. The minimum absolute atomic E-state index is 0.0464. The largest absolute Gasteiger partial charge is 0.435 e. The van der Waals surface area contributed by atoms with Crippen molar-refractivity contribution in [2.75, 3.05) is 5.32 Å². The first-order valence-corrected chi connectivity index (χ1v) is 10.6. The van der Waals surface area contributed by atoms with Gasteiger partial charge in [0.05, 0.1) is 0 Å². The van der Waals surface area contributed by atoms with E-state index in [-0.39, 0.29) is 11.7 Å². The maximum atomic E-state index is 12.2. The predicted molar refractivity (Wildman–Crippen MR) is 117 cm³/mol. The molecule has 1 aliphatic carbocycles. The topological polar surface area (TPSA) is 72.2 Å². The molecule has 1 fully saturated rings. The van der Waals surface area contributed by atoms with Crippen molar-refractivity contribution in [2.24, 2.45) is 5.92 Å². The number of ketones is 1. The van der Waals surface area contributed by atoms with Gasteiger partial charge in [0.1, 0.15) is 0 Å². The van der Waals surface area contributed by atoms with E-state index in [1.54, 1.807) is 0 Å². The number of nitrogens with zero attached hydrogens (tertiary/aromatic N) is 1. The fourth-order valence-corrected chi connectivity index (χ4v) is 4.02. The Bertz CT molecular complexity index is 1020. The number of benzene rings is 2. The summed E-state index contributed by atoms with van der Waals surface area (Å²) in [6, 6.07) is 16.8. The second-order valence-corrected chi connectivity index (χ2v) is 7.93. The van der Waals surface area contributed by atoms with Gasteiger partial charge in [-0.1, -0.05) is 43.9 Å². The number of aromatic nitrogens is 1. The molecule has 4 rings (SSSR count). The first-order chi connectivity index (χ1) is 14.6. The molecule has 0 atom stereocenters. The lowest BCUT2D eigenvalue weighted by Crippen LogP contribution is -2.12. The highest BCUT2D eigenvalue weighted by Crippen LogP contribution is 2.31. The molecule has 5 heteroatoms. The highest BCUT2D eigenvalue weighted by molar-refractivity contribution is 5.98. The van der Waals surface area contributed by atoms with E-state index in [1.165, 1.54) is 32.6 Å². The molecule has 0 saturated heterocycles. The molecular weight excluding hydrogens is 376 g/mol. The Labute approximate surface area is 176 Å². The zero-order valence-corrected chi connectivity index (χ0v) is 17.2. The molecule has 2 aromatic carbocycles. The lowest BCUT2D eigenvalue weighted by atomic mass is 10.0. The van der Waals surface area contributed by atoms with Gasteiger partial charge in [-0.2, -0.15) is 0 Å². The van der Waals surface area contributed by atoms with E-state index in [9.17, 15) is 9.59 Å². The molecule has 5 nitrogen and oxygen atoms in total. The molecule has 1 saturated carbocycles. The molecule has 0 unspecified atom stereocenters. The number of Topliss-reactive ketones (excluding diaryl/α,β-unsaturated/α-hetero) is 1. The van der Waals surface area contributed by atoms with Gasteiger partial charge >= 0.3 is 0 Å². The van der Waals surface area contributed by atoms with Gasteiger partial charge in [-0.25, -0.2) is 4.98 Å².